The van der Waals surface area contributed by atoms with Crippen LogP contribution in [0, 0.1) is 0 Å². The molecule has 8 rings (SSSR count). The first-order valence-corrected chi connectivity index (χ1v) is 11.7. The van der Waals surface area contributed by atoms with Crippen molar-refractivity contribution in [1.82, 2.24) is 14.5 Å². The predicted octanol–water partition coefficient (Wildman–Crippen LogP) is 7.60. The number of fused-ring (bicyclic) bond motifs is 7. The highest BCUT2D eigenvalue weighted by atomic mass is 32.2. The third-order valence-electron chi connectivity index (χ3n) is 6.45. The van der Waals surface area contributed by atoms with Crippen molar-refractivity contribution >= 4 is 55.5 Å². The van der Waals surface area contributed by atoms with Gasteiger partial charge >= 0.3 is 0 Å². The lowest BCUT2D eigenvalue weighted by molar-refractivity contribution is 0.670. The molecule has 7 aromatic rings. The fourth-order valence-electron chi connectivity index (χ4n) is 4.97. The van der Waals surface area contributed by atoms with Gasteiger partial charge in [-0.25, -0.2) is 9.97 Å². The van der Waals surface area contributed by atoms with Crippen LogP contribution in [0.5, 0.6) is 0 Å². The van der Waals surface area contributed by atoms with E-state index in [1.165, 1.54) is 9.79 Å². The topological polar surface area (TPSA) is 43.9 Å². The molecule has 33 heavy (non-hydrogen) atoms. The fraction of sp³-hybridized carbons (Fsp3) is 0. The van der Waals surface area contributed by atoms with Gasteiger partial charge < -0.3 is 4.42 Å². The number of rotatable bonds is 1. The Labute approximate surface area is 192 Å². The first-order valence-electron chi connectivity index (χ1n) is 10.8. The molecule has 1 aliphatic heterocycles. The Morgan fingerprint density at radius 1 is 0.727 bits per heavy atom. The van der Waals surface area contributed by atoms with Gasteiger partial charge in [0.1, 0.15) is 5.58 Å². The van der Waals surface area contributed by atoms with E-state index in [2.05, 4.69) is 71.3 Å². The summed E-state index contributed by atoms with van der Waals surface area (Å²) in [5, 5.41) is 4.44. The van der Waals surface area contributed by atoms with Crippen molar-refractivity contribution in [2.75, 3.05) is 0 Å². The minimum Gasteiger partial charge on any atom is -0.454 e. The van der Waals surface area contributed by atoms with E-state index in [0.717, 1.165) is 55.0 Å². The molecule has 154 valence electrons. The highest BCUT2D eigenvalue weighted by molar-refractivity contribution is 7.99. The molecule has 4 heterocycles. The van der Waals surface area contributed by atoms with Gasteiger partial charge in [0.2, 0.25) is 5.95 Å². The van der Waals surface area contributed by atoms with Gasteiger partial charge in [0.25, 0.3) is 0 Å². The molecule has 0 N–H and O–H groups in total. The predicted molar refractivity (Wildman–Crippen MR) is 133 cm³/mol. The molecule has 4 aromatic carbocycles. The molecule has 0 atom stereocenters. The summed E-state index contributed by atoms with van der Waals surface area (Å²) in [6.45, 7) is 0. The van der Waals surface area contributed by atoms with Crippen LogP contribution in [-0.2, 0) is 0 Å². The van der Waals surface area contributed by atoms with Crippen molar-refractivity contribution in [2.24, 2.45) is 0 Å². The van der Waals surface area contributed by atoms with Crippen LogP contribution in [-0.4, -0.2) is 14.5 Å². The van der Waals surface area contributed by atoms with Crippen LogP contribution in [0.2, 0.25) is 0 Å². The Bertz CT molecular complexity index is 1910. The standard InChI is InChI=1S/C28H15N3OS/c1-3-9-21-17(6-1)18-13-12-16-14-15-31(26(16)27(18)32-21)28-29-20-8-5-11-23-24(20)25(30-28)19-7-2-4-10-22(19)33-23/h1-15H. The number of furan rings is 1. The lowest BCUT2D eigenvalue weighted by Crippen LogP contribution is -2.05. The van der Waals surface area contributed by atoms with E-state index >= 15 is 0 Å². The Balaban J connectivity index is 1.49. The Morgan fingerprint density at radius 3 is 2.61 bits per heavy atom. The minimum absolute atomic E-state index is 0.652. The zero-order valence-electron chi connectivity index (χ0n) is 17.3. The molecule has 3 aromatic heterocycles. The SMILES string of the molecule is c1ccc2c(c1)Sc1cccc3nc(-n4ccc5ccc6c7ccccc7oc6c54)nc-2c13. The first kappa shape index (κ1) is 17.5. The summed E-state index contributed by atoms with van der Waals surface area (Å²) >= 11 is 1.78. The monoisotopic (exact) mass is 441 g/mol. The summed E-state index contributed by atoms with van der Waals surface area (Å²) in [4.78, 5) is 12.5. The van der Waals surface area contributed by atoms with Crippen molar-refractivity contribution in [2.45, 2.75) is 9.79 Å². The minimum atomic E-state index is 0.652. The van der Waals surface area contributed by atoms with Crippen LogP contribution in [0.25, 0.3) is 61.0 Å². The van der Waals surface area contributed by atoms with Gasteiger partial charge in [-0.15, -0.1) is 0 Å². The van der Waals surface area contributed by atoms with E-state index < -0.39 is 0 Å². The number of hydrogen-bond acceptors (Lipinski definition) is 4. The Kier molecular flexibility index (Phi) is 3.30. The third-order valence-corrected chi connectivity index (χ3v) is 7.58. The summed E-state index contributed by atoms with van der Waals surface area (Å²) in [6.07, 6.45) is 2.04. The van der Waals surface area contributed by atoms with E-state index in [4.69, 9.17) is 14.4 Å². The quantitative estimate of drug-likeness (QED) is 0.263. The van der Waals surface area contributed by atoms with Crippen molar-refractivity contribution < 1.29 is 4.42 Å². The average molecular weight is 442 g/mol. The molecule has 0 unspecified atom stereocenters. The largest absolute Gasteiger partial charge is 0.454 e. The maximum atomic E-state index is 6.34. The van der Waals surface area contributed by atoms with E-state index in [1.54, 1.807) is 11.8 Å². The van der Waals surface area contributed by atoms with Crippen LogP contribution < -0.4 is 0 Å². The van der Waals surface area contributed by atoms with Crippen LogP contribution in [0.15, 0.2) is 105 Å². The second-order valence-corrected chi connectivity index (χ2v) is 9.37. The number of nitrogens with zero attached hydrogens (tertiary/aromatic N) is 3. The van der Waals surface area contributed by atoms with Crippen LogP contribution >= 0.6 is 11.8 Å². The number of para-hydroxylation sites is 1. The maximum Gasteiger partial charge on any atom is 0.235 e. The van der Waals surface area contributed by atoms with Gasteiger partial charge in [0.15, 0.2) is 5.58 Å². The maximum absolute atomic E-state index is 6.34. The van der Waals surface area contributed by atoms with Gasteiger partial charge in [-0.1, -0.05) is 60.3 Å². The molecule has 0 fully saturated rings. The van der Waals surface area contributed by atoms with Crippen molar-refractivity contribution in [3.63, 3.8) is 0 Å². The molecule has 0 radical (unpaired) electrons. The molecule has 4 nitrogen and oxygen atoms in total. The number of hydrogen-bond donors (Lipinski definition) is 0. The second-order valence-electron chi connectivity index (χ2n) is 8.28. The van der Waals surface area contributed by atoms with Gasteiger partial charge in [-0.2, -0.15) is 0 Å². The number of benzene rings is 4. The van der Waals surface area contributed by atoms with E-state index in [9.17, 15) is 0 Å². The number of aromatic nitrogens is 3. The molecule has 0 bridgehead atoms. The zero-order chi connectivity index (χ0) is 21.5. The van der Waals surface area contributed by atoms with Crippen molar-refractivity contribution in [3.05, 3.63) is 91.1 Å². The summed E-state index contributed by atoms with van der Waals surface area (Å²) in [7, 11) is 0. The lowest BCUT2D eigenvalue weighted by Gasteiger charge is -2.19. The molecule has 0 spiro atoms. The van der Waals surface area contributed by atoms with Crippen molar-refractivity contribution in [1.29, 1.82) is 0 Å². The molecule has 0 saturated heterocycles. The molecule has 0 saturated carbocycles. The third kappa shape index (κ3) is 2.32. The fourth-order valence-corrected chi connectivity index (χ4v) is 6.07. The van der Waals surface area contributed by atoms with Gasteiger partial charge in [-0.3, -0.25) is 4.57 Å². The van der Waals surface area contributed by atoms with Gasteiger partial charge in [0.05, 0.1) is 16.7 Å². The van der Waals surface area contributed by atoms with Crippen LogP contribution in [0.3, 0.4) is 0 Å². The summed E-state index contributed by atoms with van der Waals surface area (Å²) in [5.74, 6) is 0.652. The lowest BCUT2D eigenvalue weighted by atomic mass is 10.1. The highest BCUT2D eigenvalue weighted by Gasteiger charge is 2.23. The Hall–Kier alpha value is -4.09. The molecule has 5 heteroatoms. The average Bonchev–Trinajstić information content (AvgIpc) is 3.45. The molecule has 0 aliphatic carbocycles. The first-order chi connectivity index (χ1) is 16.3. The smallest absolute Gasteiger partial charge is 0.235 e. The van der Waals surface area contributed by atoms with E-state index in [1.807, 2.05) is 24.4 Å². The van der Waals surface area contributed by atoms with E-state index in [-0.39, 0.29) is 0 Å². The van der Waals surface area contributed by atoms with Crippen molar-refractivity contribution in [3.8, 4) is 17.2 Å². The Morgan fingerprint density at radius 2 is 1.61 bits per heavy atom. The molecule has 0 amide bonds. The van der Waals surface area contributed by atoms with Gasteiger partial charge in [-0.05, 0) is 36.4 Å². The summed E-state index contributed by atoms with van der Waals surface area (Å²) < 4.78 is 8.40. The summed E-state index contributed by atoms with van der Waals surface area (Å²) in [6, 6.07) is 29.3. The zero-order valence-corrected chi connectivity index (χ0v) is 18.1. The van der Waals surface area contributed by atoms with Gasteiger partial charge in [0, 0.05) is 43.1 Å². The summed E-state index contributed by atoms with van der Waals surface area (Å²) in [5.41, 5.74) is 5.83. The molecule has 1 aliphatic rings. The van der Waals surface area contributed by atoms with E-state index in [0.29, 0.717) is 5.95 Å². The normalized spacial score (nSPS) is 12.7. The molecular weight excluding hydrogens is 426 g/mol. The molecular formula is C28H15N3OS. The van der Waals surface area contributed by atoms with Crippen LogP contribution in [0.4, 0.5) is 0 Å². The second kappa shape index (κ2) is 6.24. The van der Waals surface area contributed by atoms with Crippen LogP contribution in [0.1, 0.15) is 0 Å². The highest BCUT2D eigenvalue weighted by Crippen LogP contribution is 2.46.